The largest absolute Gasteiger partial charge is 0.497 e. The molecular weight excluding hydrogens is 238 g/mol. The normalized spacial score (nSPS) is 12.2. The highest BCUT2D eigenvalue weighted by Crippen LogP contribution is 2.19. The van der Waals surface area contributed by atoms with Crippen molar-refractivity contribution < 1.29 is 4.74 Å². The Balaban J connectivity index is 1.99. The summed E-state index contributed by atoms with van der Waals surface area (Å²) in [5, 5.41) is 10.7. The van der Waals surface area contributed by atoms with Crippen LogP contribution in [0.4, 0.5) is 5.69 Å². The Hall–Kier alpha value is -1.97. The zero-order valence-corrected chi connectivity index (χ0v) is 11.9. The first-order chi connectivity index (χ1) is 9.10. The van der Waals surface area contributed by atoms with Crippen molar-refractivity contribution in [2.24, 2.45) is 0 Å². The van der Waals surface area contributed by atoms with E-state index in [9.17, 15) is 0 Å². The fraction of sp³-hybridized carbons (Fsp3) is 0.400. The second kappa shape index (κ2) is 5.78. The molecule has 1 aromatic heterocycles. The van der Waals surface area contributed by atoms with Crippen molar-refractivity contribution in [2.75, 3.05) is 12.4 Å². The van der Waals surface area contributed by atoms with Gasteiger partial charge >= 0.3 is 0 Å². The standard InChI is InChI=1S/C15H21N3O/c1-10(16-15-11(2)17-18-12(15)3)9-13-5-7-14(19-4)8-6-13/h5-8,10,16H,9H2,1-4H3,(H,17,18). The van der Waals surface area contributed by atoms with Crippen LogP contribution in [0.25, 0.3) is 0 Å². The van der Waals surface area contributed by atoms with E-state index in [-0.39, 0.29) is 0 Å². The molecule has 1 heterocycles. The molecular formula is C15H21N3O. The molecule has 0 spiro atoms. The minimum Gasteiger partial charge on any atom is -0.497 e. The van der Waals surface area contributed by atoms with Gasteiger partial charge in [0.25, 0.3) is 0 Å². The summed E-state index contributed by atoms with van der Waals surface area (Å²) in [6.45, 7) is 6.21. The van der Waals surface area contributed by atoms with Crippen LogP contribution in [0, 0.1) is 13.8 Å². The quantitative estimate of drug-likeness (QED) is 0.867. The van der Waals surface area contributed by atoms with Gasteiger partial charge in [0, 0.05) is 6.04 Å². The van der Waals surface area contributed by atoms with Crippen molar-refractivity contribution in [2.45, 2.75) is 33.2 Å². The summed E-state index contributed by atoms with van der Waals surface area (Å²) >= 11 is 0. The third-order valence-corrected chi connectivity index (χ3v) is 3.22. The van der Waals surface area contributed by atoms with E-state index in [4.69, 9.17) is 4.74 Å². The zero-order valence-electron chi connectivity index (χ0n) is 11.9. The van der Waals surface area contributed by atoms with Gasteiger partial charge in [-0.2, -0.15) is 5.10 Å². The van der Waals surface area contributed by atoms with Crippen molar-refractivity contribution >= 4 is 5.69 Å². The van der Waals surface area contributed by atoms with Gasteiger partial charge in [-0.1, -0.05) is 12.1 Å². The first-order valence-electron chi connectivity index (χ1n) is 6.51. The Morgan fingerprint density at radius 1 is 1.26 bits per heavy atom. The fourth-order valence-electron chi connectivity index (χ4n) is 2.18. The van der Waals surface area contributed by atoms with Gasteiger partial charge in [0.2, 0.25) is 0 Å². The number of aromatic amines is 1. The van der Waals surface area contributed by atoms with E-state index in [1.165, 1.54) is 5.56 Å². The number of rotatable bonds is 5. The van der Waals surface area contributed by atoms with E-state index in [2.05, 4.69) is 34.6 Å². The van der Waals surface area contributed by atoms with Gasteiger partial charge < -0.3 is 10.1 Å². The molecule has 2 N–H and O–H groups in total. The maximum absolute atomic E-state index is 5.16. The van der Waals surface area contributed by atoms with Crippen LogP contribution in [0.15, 0.2) is 24.3 Å². The number of hydrogen-bond donors (Lipinski definition) is 2. The monoisotopic (exact) mass is 259 g/mol. The van der Waals surface area contributed by atoms with Crippen LogP contribution in [0.5, 0.6) is 5.75 Å². The third kappa shape index (κ3) is 3.28. The summed E-state index contributed by atoms with van der Waals surface area (Å²) in [5.74, 6) is 0.894. The van der Waals surface area contributed by atoms with Gasteiger partial charge in [-0.25, -0.2) is 0 Å². The number of hydrogen-bond acceptors (Lipinski definition) is 3. The van der Waals surface area contributed by atoms with Crippen molar-refractivity contribution in [3.8, 4) is 5.75 Å². The molecule has 1 unspecified atom stereocenters. The summed E-state index contributed by atoms with van der Waals surface area (Å²) in [6.07, 6.45) is 0.966. The van der Waals surface area contributed by atoms with Crippen molar-refractivity contribution in [3.63, 3.8) is 0 Å². The molecule has 0 aliphatic heterocycles. The second-order valence-electron chi connectivity index (χ2n) is 4.91. The summed E-state index contributed by atoms with van der Waals surface area (Å²) in [5.41, 5.74) is 4.50. The van der Waals surface area contributed by atoms with Gasteiger partial charge in [-0.05, 0) is 44.9 Å². The molecule has 0 fully saturated rings. The van der Waals surface area contributed by atoms with Crippen LogP contribution in [-0.4, -0.2) is 23.3 Å². The lowest BCUT2D eigenvalue weighted by molar-refractivity contribution is 0.414. The van der Waals surface area contributed by atoms with Gasteiger partial charge in [0.1, 0.15) is 5.75 Å². The first-order valence-corrected chi connectivity index (χ1v) is 6.51. The maximum atomic E-state index is 5.16. The number of aromatic nitrogens is 2. The molecule has 4 nitrogen and oxygen atoms in total. The minimum absolute atomic E-state index is 0.350. The highest BCUT2D eigenvalue weighted by Gasteiger charge is 2.10. The molecule has 0 bridgehead atoms. The highest BCUT2D eigenvalue weighted by atomic mass is 16.5. The topological polar surface area (TPSA) is 49.9 Å². The van der Waals surface area contributed by atoms with Crippen molar-refractivity contribution in [1.82, 2.24) is 10.2 Å². The Kier molecular flexibility index (Phi) is 4.10. The van der Waals surface area contributed by atoms with E-state index >= 15 is 0 Å². The van der Waals surface area contributed by atoms with Gasteiger partial charge in [0.15, 0.2) is 0 Å². The van der Waals surface area contributed by atoms with E-state index in [1.807, 2.05) is 26.0 Å². The molecule has 2 rings (SSSR count). The van der Waals surface area contributed by atoms with Crippen LogP contribution in [0.1, 0.15) is 23.9 Å². The lowest BCUT2D eigenvalue weighted by Gasteiger charge is -2.15. The molecule has 0 radical (unpaired) electrons. The predicted octanol–water partition coefficient (Wildman–Crippen LogP) is 3.08. The molecule has 0 saturated heterocycles. The molecule has 1 atom stereocenters. The number of anilines is 1. The molecule has 1 aromatic carbocycles. The molecule has 0 saturated carbocycles. The highest BCUT2D eigenvalue weighted by molar-refractivity contribution is 5.52. The number of methoxy groups -OCH3 is 1. The first kappa shape index (κ1) is 13.5. The average Bonchev–Trinajstić information content (AvgIpc) is 2.71. The molecule has 0 amide bonds. The fourth-order valence-corrected chi connectivity index (χ4v) is 2.18. The zero-order chi connectivity index (χ0) is 13.8. The molecule has 0 aliphatic carbocycles. The molecule has 4 heteroatoms. The average molecular weight is 259 g/mol. The Bertz CT molecular complexity index is 511. The number of aryl methyl sites for hydroxylation is 2. The van der Waals surface area contributed by atoms with Crippen LogP contribution < -0.4 is 10.1 Å². The lowest BCUT2D eigenvalue weighted by Crippen LogP contribution is -2.18. The third-order valence-electron chi connectivity index (χ3n) is 3.22. The van der Waals surface area contributed by atoms with Gasteiger partial charge in [-0.3, -0.25) is 5.10 Å². The molecule has 102 valence electrons. The Morgan fingerprint density at radius 3 is 2.47 bits per heavy atom. The van der Waals surface area contributed by atoms with Crippen molar-refractivity contribution in [1.29, 1.82) is 0 Å². The summed E-state index contributed by atoms with van der Waals surface area (Å²) < 4.78 is 5.16. The summed E-state index contributed by atoms with van der Waals surface area (Å²) in [6, 6.07) is 8.55. The van der Waals surface area contributed by atoms with Gasteiger partial charge in [0.05, 0.1) is 24.2 Å². The molecule has 19 heavy (non-hydrogen) atoms. The number of H-pyrrole nitrogens is 1. The van der Waals surface area contributed by atoms with Crippen LogP contribution >= 0.6 is 0 Å². The minimum atomic E-state index is 0.350. The molecule has 2 aromatic rings. The van der Waals surface area contributed by atoms with Gasteiger partial charge in [-0.15, -0.1) is 0 Å². The van der Waals surface area contributed by atoms with E-state index in [0.29, 0.717) is 6.04 Å². The number of ether oxygens (including phenoxy) is 1. The SMILES string of the molecule is COc1ccc(CC(C)Nc2c(C)n[nH]c2C)cc1. The van der Waals surface area contributed by atoms with Crippen molar-refractivity contribution in [3.05, 3.63) is 41.2 Å². The summed E-state index contributed by atoms with van der Waals surface area (Å²) in [7, 11) is 1.68. The Morgan fingerprint density at radius 2 is 1.95 bits per heavy atom. The van der Waals surface area contributed by atoms with Crippen LogP contribution in [-0.2, 0) is 6.42 Å². The maximum Gasteiger partial charge on any atom is 0.118 e. The smallest absolute Gasteiger partial charge is 0.118 e. The predicted molar refractivity (Wildman–Crippen MR) is 77.8 cm³/mol. The number of nitrogens with one attached hydrogen (secondary N) is 2. The van der Waals surface area contributed by atoms with E-state index in [0.717, 1.165) is 29.2 Å². The number of nitrogens with zero attached hydrogens (tertiary/aromatic N) is 1. The summed E-state index contributed by atoms with van der Waals surface area (Å²) in [4.78, 5) is 0. The Labute approximate surface area is 114 Å². The number of benzene rings is 1. The van der Waals surface area contributed by atoms with E-state index in [1.54, 1.807) is 7.11 Å². The van der Waals surface area contributed by atoms with E-state index < -0.39 is 0 Å². The second-order valence-corrected chi connectivity index (χ2v) is 4.91. The lowest BCUT2D eigenvalue weighted by atomic mass is 10.1. The van der Waals surface area contributed by atoms with Crippen LogP contribution in [0.3, 0.4) is 0 Å². The van der Waals surface area contributed by atoms with Crippen LogP contribution in [0.2, 0.25) is 0 Å². The molecule has 0 aliphatic rings.